The van der Waals surface area contributed by atoms with Crippen LogP contribution in [0.2, 0.25) is 0 Å². The Morgan fingerprint density at radius 2 is 2.07 bits per heavy atom. The lowest BCUT2D eigenvalue weighted by molar-refractivity contribution is -0.157. The van der Waals surface area contributed by atoms with Crippen LogP contribution in [0.5, 0.6) is 11.5 Å². The van der Waals surface area contributed by atoms with Crippen LogP contribution in [0, 0.1) is 0 Å². The summed E-state index contributed by atoms with van der Waals surface area (Å²) in [5.41, 5.74) is -0.290. The fourth-order valence-corrected chi connectivity index (χ4v) is 3.94. The molecule has 1 saturated heterocycles. The number of nitrogens with one attached hydrogen (secondary N) is 1. The van der Waals surface area contributed by atoms with Gasteiger partial charge in [-0.05, 0) is 29.3 Å². The summed E-state index contributed by atoms with van der Waals surface area (Å²) < 4.78 is 86.1. The molecule has 1 N–H and O–H groups in total. The highest BCUT2D eigenvalue weighted by Crippen LogP contribution is 2.44. The van der Waals surface area contributed by atoms with Gasteiger partial charge < -0.3 is 24.3 Å². The zero-order valence-corrected chi connectivity index (χ0v) is 15.0. The molecular weight excluding hydrogens is 370 g/mol. The molecule has 0 saturated carbocycles. The standard InChI is InChI=1S/C22H19N3O4/c1-24-10-19(26)25-16(22(24)27)9-14-13-4-2-3-5-15(13)23-20(14)21(25)12-6-7-17-18(8-12)29-11-28-17/h2-8,16,21,23H,9-11H2,1H3/t16-,21?/m1/s1/i2D,3D,4D,5D,9D2,11D2,16D. The van der Waals surface area contributed by atoms with E-state index in [4.69, 9.17) is 20.4 Å². The number of aromatic amines is 1. The number of aromatic nitrogens is 1. The fourth-order valence-electron chi connectivity index (χ4n) is 3.94. The Labute approximate surface area is 179 Å². The van der Waals surface area contributed by atoms with Crippen LogP contribution < -0.4 is 9.47 Å². The number of rotatable bonds is 1. The van der Waals surface area contributed by atoms with Crippen LogP contribution in [0.25, 0.3) is 10.9 Å². The minimum Gasteiger partial charge on any atom is -0.454 e. The van der Waals surface area contributed by atoms with E-state index < -0.39 is 67.7 Å². The maximum absolute atomic E-state index is 13.5. The van der Waals surface area contributed by atoms with E-state index in [1.165, 1.54) is 25.2 Å². The monoisotopic (exact) mass is 398 g/mol. The molecule has 2 aromatic carbocycles. The summed E-state index contributed by atoms with van der Waals surface area (Å²) in [6.07, 6.45) is -2.91. The van der Waals surface area contributed by atoms with Crippen LogP contribution in [-0.2, 0) is 16.0 Å². The number of H-pyrrole nitrogens is 1. The number of ether oxygens (including phenoxy) is 2. The Kier molecular flexibility index (Phi) is 1.95. The van der Waals surface area contributed by atoms with Gasteiger partial charge in [-0.3, -0.25) is 9.59 Å². The van der Waals surface area contributed by atoms with E-state index >= 15 is 0 Å². The van der Waals surface area contributed by atoms with Gasteiger partial charge in [-0.25, -0.2) is 0 Å². The van der Waals surface area contributed by atoms with E-state index in [1.54, 1.807) is 0 Å². The summed E-state index contributed by atoms with van der Waals surface area (Å²) in [4.78, 5) is 31.6. The first kappa shape index (κ1) is 9.82. The third kappa shape index (κ3) is 2.24. The van der Waals surface area contributed by atoms with Crippen molar-refractivity contribution in [1.82, 2.24) is 14.8 Å². The van der Waals surface area contributed by atoms with E-state index in [9.17, 15) is 11.0 Å². The molecule has 3 aliphatic heterocycles. The molecule has 4 heterocycles. The molecule has 1 unspecified atom stereocenters. The summed E-state index contributed by atoms with van der Waals surface area (Å²) in [6, 6.07) is -2.19. The maximum Gasteiger partial charge on any atom is 0.245 e. The number of amides is 2. The number of hydrogen-bond donors (Lipinski definition) is 1. The summed E-state index contributed by atoms with van der Waals surface area (Å²) >= 11 is 0. The van der Waals surface area contributed by atoms with Gasteiger partial charge in [0.05, 0.1) is 19.4 Å². The van der Waals surface area contributed by atoms with E-state index in [0.717, 1.165) is 9.80 Å². The van der Waals surface area contributed by atoms with Crippen molar-refractivity contribution < 1.29 is 31.4 Å². The number of para-hydroxylation sites is 1. The van der Waals surface area contributed by atoms with Gasteiger partial charge in [-0.1, -0.05) is 24.2 Å². The van der Waals surface area contributed by atoms with E-state index in [0.29, 0.717) is 0 Å². The van der Waals surface area contributed by atoms with Crippen molar-refractivity contribution in [3.63, 3.8) is 0 Å². The van der Waals surface area contributed by atoms with Crippen LogP contribution in [0.4, 0.5) is 0 Å². The van der Waals surface area contributed by atoms with E-state index in [1.807, 2.05) is 0 Å². The van der Waals surface area contributed by atoms with Crippen molar-refractivity contribution in [3.05, 3.63) is 59.2 Å². The van der Waals surface area contributed by atoms with Gasteiger partial charge in [0.25, 0.3) is 0 Å². The minimum atomic E-state index is -2.91. The lowest BCUT2D eigenvalue weighted by atomic mass is 9.86. The fraction of sp³-hybridized carbons (Fsp3) is 0.273. The molecule has 146 valence electrons. The minimum absolute atomic E-state index is 0.0218. The molecule has 0 aliphatic carbocycles. The molecule has 7 nitrogen and oxygen atoms in total. The number of fused-ring (bicyclic) bond motifs is 5. The first-order valence-corrected chi connectivity index (χ1v) is 8.84. The van der Waals surface area contributed by atoms with E-state index in [-0.39, 0.29) is 39.2 Å². The Morgan fingerprint density at radius 3 is 2.97 bits per heavy atom. The van der Waals surface area contributed by atoms with Gasteiger partial charge in [0.15, 0.2) is 11.5 Å². The van der Waals surface area contributed by atoms with Gasteiger partial charge in [0, 0.05) is 32.8 Å². The lowest BCUT2D eigenvalue weighted by Crippen LogP contribution is -2.62. The van der Waals surface area contributed by atoms with Gasteiger partial charge in [-0.2, -0.15) is 0 Å². The van der Waals surface area contributed by atoms with Crippen LogP contribution in [0.1, 0.15) is 35.2 Å². The predicted molar refractivity (Wildman–Crippen MR) is 105 cm³/mol. The lowest BCUT2D eigenvalue weighted by Gasteiger charge is -2.46. The Morgan fingerprint density at radius 1 is 1.24 bits per heavy atom. The smallest absolute Gasteiger partial charge is 0.245 e. The molecule has 3 aliphatic rings. The summed E-state index contributed by atoms with van der Waals surface area (Å²) in [7, 11) is 1.28. The first-order chi connectivity index (χ1) is 17.6. The van der Waals surface area contributed by atoms with Crippen LogP contribution in [-0.4, -0.2) is 53.0 Å². The molecule has 0 bridgehead atoms. The number of likely N-dealkylation sites (N-methyl/N-ethyl adjacent to an activating group) is 1. The molecule has 1 aromatic heterocycles. The number of piperazine rings is 1. The Hall–Kier alpha value is -3.48. The second kappa shape index (κ2) is 5.76. The molecule has 3 aromatic rings. The SMILES string of the molecule is [2H]c1c([2H])c([2H])c2c3c([nH]c2c1[2H])C(c1ccc2c(c1)OC([2H])([2H])O2)N1C(=O)CN(C)C(=O)[C@@]1([2H])C3([2H])[2H]. The zero-order chi connectivity index (χ0) is 27.7. The number of benzene rings is 2. The molecule has 2 amide bonds. The average Bonchev–Trinajstić information content (AvgIpc) is 3.38. The molecule has 1 fully saturated rings. The van der Waals surface area contributed by atoms with Crippen molar-refractivity contribution >= 4 is 22.7 Å². The van der Waals surface area contributed by atoms with Gasteiger partial charge in [-0.15, -0.1) is 0 Å². The molecule has 6 rings (SSSR count). The second-order valence-corrected chi connectivity index (χ2v) is 6.96. The summed E-state index contributed by atoms with van der Waals surface area (Å²) in [5, 5.41) is -0.224. The van der Waals surface area contributed by atoms with Gasteiger partial charge >= 0.3 is 0 Å². The van der Waals surface area contributed by atoms with Crippen molar-refractivity contribution in [1.29, 1.82) is 0 Å². The van der Waals surface area contributed by atoms with Crippen molar-refractivity contribution in [3.8, 4) is 11.5 Å². The molecule has 2 atom stereocenters. The van der Waals surface area contributed by atoms with Crippen molar-refractivity contribution in [2.24, 2.45) is 0 Å². The summed E-state index contributed by atoms with van der Waals surface area (Å²) in [5.74, 6) is -1.71. The van der Waals surface area contributed by atoms with Crippen molar-refractivity contribution in [2.45, 2.75) is 18.4 Å². The Balaban J connectivity index is 1.73. The summed E-state index contributed by atoms with van der Waals surface area (Å²) in [6.45, 7) is -2.89. The van der Waals surface area contributed by atoms with Gasteiger partial charge in [0.1, 0.15) is 8.76 Å². The Bertz CT molecular complexity index is 1610. The van der Waals surface area contributed by atoms with Crippen LogP contribution in [0.15, 0.2) is 42.4 Å². The third-order valence-corrected chi connectivity index (χ3v) is 5.26. The first-order valence-electron chi connectivity index (χ1n) is 13.3. The highest BCUT2D eigenvalue weighted by Gasteiger charge is 2.47. The molecule has 0 radical (unpaired) electrons. The molecule has 29 heavy (non-hydrogen) atoms. The molecular formula is C22H19N3O4. The van der Waals surface area contributed by atoms with Crippen LogP contribution >= 0.6 is 0 Å². The van der Waals surface area contributed by atoms with E-state index in [2.05, 4.69) is 4.98 Å². The maximum atomic E-state index is 13.5. The largest absolute Gasteiger partial charge is 0.454 e. The van der Waals surface area contributed by atoms with Crippen LogP contribution in [0.3, 0.4) is 0 Å². The normalized spacial score (nSPS) is 33.3. The number of nitrogens with zero attached hydrogens (tertiary/aromatic N) is 2. The highest BCUT2D eigenvalue weighted by atomic mass is 16.7. The number of carbonyl (C=O) groups is 2. The average molecular weight is 398 g/mol. The predicted octanol–water partition coefficient (Wildman–Crippen LogP) is 2.21. The number of carbonyl (C=O) groups excluding carboxylic acids is 2. The zero-order valence-electron chi connectivity index (χ0n) is 24.0. The molecule has 0 spiro atoms. The topological polar surface area (TPSA) is 74.9 Å². The highest BCUT2D eigenvalue weighted by molar-refractivity contribution is 5.97. The quantitative estimate of drug-likeness (QED) is 0.682. The second-order valence-electron chi connectivity index (χ2n) is 6.96. The molecule has 7 heteroatoms. The van der Waals surface area contributed by atoms with Gasteiger partial charge in [0.2, 0.25) is 18.6 Å². The van der Waals surface area contributed by atoms with Crippen molar-refractivity contribution in [2.75, 3.05) is 20.3 Å². The number of hydrogen-bond acceptors (Lipinski definition) is 4. The third-order valence-electron chi connectivity index (χ3n) is 5.26.